The molecule has 1 rings (SSSR count). The predicted molar refractivity (Wildman–Crippen MR) is 57.8 cm³/mol. The molecule has 0 N–H and O–H groups in total. The van der Waals surface area contributed by atoms with Gasteiger partial charge in [-0.3, -0.25) is 0 Å². The van der Waals surface area contributed by atoms with Crippen LogP contribution in [-0.2, 0) is 6.54 Å². The summed E-state index contributed by atoms with van der Waals surface area (Å²) in [5.41, 5.74) is 1.11. The van der Waals surface area contributed by atoms with Gasteiger partial charge in [-0.25, -0.2) is 4.98 Å². The van der Waals surface area contributed by atoms with Gasteiger partial charge < -0.3 is 4.57 Å². The maximum absolute atomic E-state index is 4.16. The van der Waals surface area contributed by atoms with Crippen molar-refractivity contribution < 1.29 is 0 Å². The number of rotatable bonds is 3. The zero-order chi connectivity index (χ0) is 10.3. The smallest absolute Gasteiger partial charge is 0.0949 e. The second kappa shape index (κ2) is 6.70. The van der Waals surface area contributed by atoms with E-state index in [1.165, 1.54) is 6.42 Å². The Morgan fingerprint density at radius 3 is 2.38 bits per heavy atom. The molecule has 0 unspecified atom stereocenters. The van der Waals surface area contributed by atoms with Crippen molar-refractivity contribution >= 4 is 0 Å². The quantitative estimate of drug-likeness (QED) is 0.701. The van der Waals surface area contributed by atoms with Crippen LogP contribution in [-0.4, -0.2) is 9.55 Å². The van der Waals surface area contributed by atoms with Gasteiger partial charge in [-0.15, -0.1) is 0 Å². The molecule has 1 aromatic rings. The minimum atomic E-state index is 0.776. The van der Waals surface area contributed by atoms with Gasteiger partial charge in [-0.1, -0.05) is 27.7 Å². The van der Waals surface area contributed by atoms with Gasteiger partial charge in [0.1, 0.15) is 0 Å². The van der Waals surface area contributed by atoms with Crippen LogP contribution in [0, 0.1) is 12.8 Å². The Labute approximate surface area is 82.0 Å². The van der Waals surface area contributed by atoms with Crippen molar-refractivity contribution in [1.82, 2.24) is 9.55 Å². The fraction of sp³-hybridized carbons (Fsp3) is 0.727. The highest BCUT2D eigenvalue weighted by atomic mass is 15.0. The first-order valence-electron chi connectivity index (χ1n) is 5.17. The summed E-state index contributed by atoms with van der Waals surface area (Å²) in [6.45, 7) is 11.6. The van der Waals surface area contributed by atoms with Crippen LogP contribution in [0.1, 0.15) is 39.8 Å². The molecule has 0 spiro atoms. The Bertz CT molecular complexity index is 214. The second-order valence-corrected chi connectivity index (χ2v) is 3.44. The van der Waals surface area contributed by atoms with Crippen molar-refractivity contribution in [2.75, 3.05) is 0 Å². The van der Waals surface area contributed by atoms with E-state index in [1.54, 1.807) is 0 Å². The lowest BCUT2D eigenvalue weighted by atomic mass is 10.1. The zero-order valence-electron chi connectivity index (χ0n) is 9.54. The first-order chi connectivity index (χ1) is 6.18. The van der Waals surface area contributed by atoms with Crippen molar-refractivity contribution in [2.45, 2.75) is 47.6 Å². The van der Waals surface area contributed by atoms with Gasteiger partial charge in [0.25, 0.3) is 0 Å². The van der Waals surface area contributed by atoms with Crippen LogP contribution in [0.15, 0.2) is 12.5 Å². The summed E-state index contributed by atoms with van der Waals surface area (Å²) in [6, 6.07) is 0. The molecule has 0 aromatic carbocycles. The SMILES string of the molecule is CC.Cc1cn(CCC(C)C)cn1. The molecule has 0 aliphatic carbocycles. The first kappa shape index (κ1) is 12.2. The molecular weight excluding hydrogens is 160 g/mol. The fourth-order valence-corrected chi connectivity index (χ4v) is 1.00. The van der Waals surface area contributed by atoms with Gasteiger partial charge in [-0.2, -0.15) is 0 Å². The van der Waals surface area contributed by atoms with Gasteiger partial charge in [0.2, 0.25) is 0 Å². The van der Waals surface area contributed by atoms with Crippen LogP contribution in [0.3, 0.4) is 0 Å². The van der Waals surface area contributed by atoms with Gasteiger partial charge in [0.05, 0.1) is 12.0 Å². The molecular formula is C11H22N2. The van der Waals surface area contributed by atoms with Crippen LogP contribution in [0.25, 0.3) is 0 Å². The molecule has 0 bridgehead atoms. The minimum absolute atomic E-state index is 0.776. The number of hydrogen-bond donors (Lipinski definition) is 0. The Morgan fingerprint density at radius 2 is 2.00 bits per heavy atom. The molecule has 0 saturated heterocycles. The zero-order valence-corrected chi connectivity index (χ0v) is 9.54. The molecule has 0 saturated carbocycles. The maximum atomic E-state index is 4.16. The largest absolute Gasteiger partial charge is 0.337 e. The lowest BCUT2D eigenvalue weighted by Crippen LogP contribution is -1.98. The Kier molecular flexibility index (Phi) is 6.29. The summed E-state index contributed by atoms with van der Waals surface area (Å²) in [5.74, 6) is 0.776. The molecule has 2 heteroatoms. The van der Waals surface area contributed by atoms with E-state index in [9.17, 15) is 0 Å². The average Bonchev–Trinajstić information content (AvgIpc) is 2.52. The Morgan fingerprint density at radius 1 is 1.38 bits per heavy atom. The standard InChI is InChI=1S/C9H16N2.C2H6/c1-8(2)4-5-11-6-9(3)10-7-11;1-2/h6-8H,4-5H2,1-3H3;1-2H3. The summed E-state index contributed by atoms with van der Waals surface area (Å²) in [5, 5.41) is 0. The molecule has 0 atom stereocenters. The normalized spacial score (nSPS) is 9.69. The van der Waals surface area contributed by atoms with Crippen molar-refractivity contribution in [1.29, 1.82) is 0 Å². The third-order valence-corrected chi connectivity index (χ3v) is 1.73. The highest BCUT2D eigenvalue weighted by molar-refractivity contribution is 4.91. The average molecular weight is 182 g/mol. The van der Waals surface area contributed by atoms with E-state index in [-0.39, 0.29) is 0 Å². The summed E-state index contributed by atoms with van der Waals surface area (Å²) >= 11 is 0. The van der Waals surface area contributed by atoms with Gasteiger partial charge in [0.15, 0.2) is 0 Å². The molecule has 76 valence electrons. The van der Waals surface area contributed by atoms with Crippen LogP contribution in [0.4, 0.5) is 0 Å². The molecule has 0 fully saturated rings. The third kappa shape index (κ3) is 5.45. The van der Waals surface area contributed by atoms with Crippen LogP contribution in [0.2, 0.25) is 0 Å². The minimum Gasteiger partial charge on any atom is -0.337 e. The highest BCUT2D eigenvalue weighted by Crippen LogP contribution is 2.02. The summed E-state index contributed by atoms with van der Waals surface area (Å²) in [7, 11) is 0. The molecule has 0 aliphatic rings. The number of aromatic nitrogens is 2. The molecule has 2 nitrogen and oxygen atoms in total. The van der Waals surface area contributed by atoms with E-state index in [0.29, 0.717) is 0 Å². The number of hydrogen-bond acceptors (Lipinski definition) is 1. The van der Waals surface area contributed by atoms with E-state index < -0.39 is 0 Å². The van der Waals surface area contributed by atoms with Crippen LogP contribution in [0.5, 0.6) is 0 Å². The third-order valence-electron chi connectivity index (χ3n) is 1.73. The maximum Gasteiger partial charge on any atom is 0.0949 e. The molecule has 0 aliphatic heterocycles. The second-order valence-electron chi connectivity index (χ2n) is 3.44. The van der Waals surface area contributed by atoms with E-state index in [0.717, 1.165) is 18.2 Å². The van der Waals surface area contributed by atoms with Gasteiger partial charge >= 0.3 is 0 Å². The van der Waals surface area contributed by atoms with Crippen molar-refractivity contribution in [3.8, 4) is 0 Å². The first-order valence-corrected chi connectivity index (χ1v) is 5.17. The van der Waals surface area contributed by atoms with Crippen molar-refractivity contribution in [2.24, 2.45) is 5.92 Å². The molecule has 0 radical (unpaired) electrons. The van der Waals surface area contributed by atoms with Gasteiger partial charge in [-0.05, 0) is 19.3 Å². The highest BCUT2D eigenvalue weighted by Gasteiger charge is 1.95. The Hall–Kier alpha value is -0.790. The molecule has 1 heterocycles. The van der Waals surface area contributed by atoms with Crippen LogP contribution >= 0.6 is 0 Å². The molecule has 0 amide bonds. The van der Waals surface area contributed by atoms with E-state index in [2.05, 4.69) is 29.6 Å². The summed E-state index contributed by atoms with van der Waals surface area (Å²) in [6.07, 6.45) is 5.22. The fourth-order valence-electron chi connectivity index (χ4n) is 1.00. The topological polar surface area (TPSA) is 17.8 Å². The molecule has 1 aromatic heterocycles. The molecule has 13 heavy (non-hydrogen) atoms. The van der Waals surface area contributed by atoms with E-state index in [1.807, 2.05) is 27.1 Å². The monoisotopic (exact) mass is 182 g/mol. The van der Waals surface area contributed by atoms with Gasteiger partial charge in [0, 0.05) is 12.7 Å². The van der Waals surface area contributed by atoms with Crippen LogP contribution < -0.4 is 0 Å². The number of nitrogens with zero attached hydrogens (tertiary/aromatic N) is 2. The van der Waals surface area contributed by atoms with Crippen molar-refractivity contribution in [3.63, 3.8) is 0 Å². The van der Waals surface area contributed by atoms with Crippen molar-refractivity contribution in [3.05, 3.63) is 18.2 Å². The lowest BCUT2D eigenvalue weighted by Gasteiger charge is -2.03. The summed E-state index contributed by atoms with van der Waals surface area (Å²) < 4.78 is 2.15. The lowest BCUT2D eigenvalue weighted by molar-refractivity contribution is 0.516. The number of aryl methyl sites for hydroxylation is 2. The van der Waals surface area contributed by atoms with E-state index in [4.69, 9.17) is 0 Å². The van der Waals surface area contributed by atoms with E-state index >= 15 is 0 Å². The predicted octanol–water partition coefficient (Wildman–Crippen LogP) is 3.26. The Balaban J connectivity index is 0.000000671. The summed E-state index contributed by atoms with van der Waals surface area (Å²) in [4.78, 5) is 4.16. The number of imidazole rings is 1.